The minimum Gasteiger partial charge on any atom is -0.369 e. The zero-order valence-electron chi connectivity index (χ0n) is 9.38. The van der Waals surface area contributed by atoms with Crippen LogP contribution in [0.5, 0.6) is 0 Å². The van der Waals surface area contributed by atoms with Crippen LogP contribution in [-0.2, 0) is 4.74 Å². The fourth-order valence-corrected chi connectivity index (χ4v) is 2.23. The maximum absolute atomic E-state index is 5.53. The van der Waals surface area contributed by atoms with Gasteiger partial charge in [0.25, 0.3) is 0 Å². The van der Waals surface area contributed by atoms with E-state index in [-0.39, 0.29) is 0 Å². The van der Waals surface area contributed by atoms with Gasteiger partial charge in [0, 0.05) is 0 Å². The van der Waals surface area contributed by atoms with E-state index >= 15 is 0 Å². The lowest BCUT2D eigenvalue weighted by Crippen LogP contribution is -2.59. The number of ether oxygens (including phenoxy) is 1. The first-order valence-electron chi connectivity index (χ1n) is 5.65. The summed E-state index contributed by atoms with van der Waals surface area (Å²) in [4.78, 5) is 0. The van der Waals surface area contributed by atoms with Crippen LogP contribution in [0.25, 0.3) is 0 Å². The number of rotatable bonds is 4. The van der Waals surface area contributed by atoms with Crippen molar-refractivity contribution in [3.05, 3.63) is 0 Å². The molecule has 0 aliphatic carbocycles. The zero-order chi connectivity index (χ0) is 9.73. The van der Waals surface area contributed by atoms with Crippen molar-refractivity contribution < 1.29 is 9.22 Å². The smallest absolute Gasteiger partial charge is 0.112 e. The number of quaternary nitrogens is 1. The van der Waals surface area contributed by atoms with Gasteiger partial charge in [0.1, 0.15) is 12.6 Å². The van der Waals surface area contributed by atoms with E-state index in [0.717, 1.165) is 19.3 Å². The molecule has 2 heteroatoms. The predicted molar refractivity (Wildman–Crippen MR) is 55.7 cm³/mol. The maximum Gasteiger partial charge on any atom is 0.112 e. The molecule has 0 aromatic carbocycles. The topological polar surface area (TPSA) is 9.23 Å². The SMILES string of the molecule is CCCC[N+]1(C)CCOCC1CC. The molecule has 1 heterocycles. The van der Waals surface area contributed by atoms with Gasteiger partial charge in [-0.3, -0.25) is 0 Å². The van der Waals surface area contributed by atoms with Crippen molar-refractivity contribution in [3.63, 3.8) is 0 Å². The highest BCUT2D eigenvalue weighted by Crippen LogP contribution is 2.19. The molecular weight excluding hydrogens is 162 g/mol. The Morgan fingerprint density at radius 2 is 2.15 bits per heavy atom. The molecule has 2 atom stereocenters. The molecule has 1 saturated heterocycles. The van der Waals surface area contributed by atoms with Gasteiger partial charge in [0.05, 0.1) is 26.8 Å². The normalized spacial score (nSPS) is 34.8. The molecule has 1 aliphatic rings. The Bertz CT molecular complexity index is 149. The molecule has 13 heavy (non-hydrogen) atoms. The number of hydrogen-bond donors (Lipinski definition) is 0. The Labute approximate surface area is 82.5 Å². The van der Waals surface area contributed by atoms with Gasteiger partial charge in [-0.1, -0.05) is 20.3 Å². The molecule has 1 fully saturated rings. The van der Waals surface area contributed by atoms with E-state index < -0.39 is 0 Å². The average Bonchev–Trinajstić information content (AvgIpc) is 2.16. The van der Waals surface area contributed by atoms with E-state index in [9.17, 15) is 0 Å². The van der Waals surface area contributed by atoms with Crippen molar-refractivity contribution in [1.29, 1.82) is 0 Å². The third-order valence-corrected chi connectivity index (χ3v) is 3.43. The van der Waals surface area contributed by atoms with Gasteiger partial charge in [-0.05, 0) is 12.8 Å². The summed E-state index contributed by atoms with van der Waals surface area (Å²) in [6, 6.07) is 0.736. The number of morpholine rings is 1. The first-order chi connectivity index (χ1) is 6.23. The van der Waals surface area contributed by atoms with Crippen molar-refractivity contribution in [2.45, 2.75) is 39.2 Å². The second-order valence-electron chi connectivity index (χ2n) is 4.42. The van der Waals surface area contributed by atoms with Gasteiger partial charge in [0.15, 0.2) is 0 Å². The summed E-state index contributed by atoms with van der Waals surface area (Å²) < 4.78 is 6.77. The summed E-state index contributed by atoms with van der Waals surface area (Å²) in [5.41, 5.74) is 0. The Hall–Kier alpha value is -0.0800. The highest BCUT2D eigenvalue weighted by molar-refractivity contribution is 4.61. The molecule has 0 saturated carbocycles. The molecule has 2 nitrogen and oxygen atoms in total. The van der Waals surface area contributed by atoms with Gasteiger partial charge < -0.3 is 9.22 Å². The third kappa shape index (κ3) is 2.68. The second-order valence-corrected chi connectivity index (χ2v) is 4.42. The lowest BCUT2D eigenvalue weighted by atomic mass is 10.1. The van der Waals surface area contributed by atoms with E-state index in [1.807, 2.05) is 0 Å². The molecule has 0 aromatic heterocycles. The number of nitrogens with zero attached hydrogens (tertiary/aromatic N) is 1. The molecule has 0 bridgehead atoms. The van der Waals surface area contributed by atoms with E-state index in [1.54, 1.807) is 0 Å². The van der Waals surface area contributed by atoms with Gasteiger partial charge in [-0.25, -0.2) is 0 Å². The molecule has 0 amide bonds. The molecule has 0 aromatic rings. The molecule has 0 spiro atoms. The fourth-order valence-electron chi connectivity index (χ4n) is 2.23. The summed E-state index contributed by atoms with van der Waals surface area (Å²) in [6.07, 6.45) is 3.92. The van der Waals surface area contributed by atoms with Crippen LogP contribution in [0.2, 0.25) is 0 Å². The predicted octanol–water partition coefficient (Wildman–Crippen LogP) is 2.04. The molecule has 0 N–H and O–H groups in total. The number of unbranched alkanes of at least 4 members (excludes halogenated alkanes) is 1. The summed E-state index contributed by atoms with van der Waals surface area (Å²) in [5, 5.41) is 0. The first kappa shape index (κ1) is 11.0. The zero-order valence-corrected chi connectivity index (χ0v) is 9.38. The molecule has 0 radical (unpaired) electrons. The van der Waals surface area contributed by atoms with Crippen molar-refractivity contribution in [3.8, 4) is 0 Å². The van der Waals surface area contributed by atoms with Crippen LogP contribution in [0, 0.1) is 0 Å². The molecule has 1 aliphatic heterocycles. The van der Waals surface area contributed by atoms with E-state index in [4.69, 9.17) is 4.74 Å². The minimum atomic E-state index is 0.736. The van der Waals surface area contributed by atoms with Crippen LogP contribution in [-0.4, -0.2) is 43.9 Å². The Balaban J connectivity index is 2.49. The first-order valence-corrected chi connectivity index (χ1v) is 5.65. The van der Waals surface area contributed by atoms with Gasteiger partial charge in [0.2, 0.25) is 0 Å². The molecule has 2 unspecified atom stereocenters. The summed E-state index contributed by atoms with van der Waals surface area (Å²) in [5.74, 6) is 0. The fraction of sp³-hybridized carbons (Fsp3) is 1.00. The minimum absolute atomic E-state index is 0.736. The van der Waals surface area contributed by atoms with E-state index in [1.165, 1.54) is 36.8 Å². The average molecular weight is 186 g/mol. The second kappa shape index (κ2) is 4.97. The monoisotopic (exact) mass is 186 g/mol. The van der Waals surface area contributed by atoms with Crippen LogP contribution in [0.15, 0.2) is 0 Å². The van der Waals surface area contributed by atoms with Crippen LogP contribution in [0.3, 0.4) is 0 Å². The number of hydrogen-bond acceptors (Lipinski definition) is 1. The summed E-state index contributed by atoms with van der Waals surface area (Å²) in [7, 11) is 2.40. The quantitative estimate of drug-likeness (QED) is 0.611. The molecule has 1 rings (SSSR count). The molecular formula is C11H24NO+. The maximum atomic E-state index is 5.53. The van der Waals surface area contributed by atoms with E-state index in [0.29, 0.717) is 0 Å². The van der Waals surface area contributed by atoms with Crippen molar-refractivity contribution >= 4 is 0 Å². The van der Waals surface area contributed by atoms with Crippen molar-refractivity contribution in [1.82, 2.24) is 0 Å². The highest BCUT2D eigenvalue weighted by Gasteiger charge is 2.33. The Morgan fingerprint density at radius 3 is 2.77 bits per heavy atom. The van der Waals surface area contributed by atoms with Crippen LogP contribution < -0.4 is 0 Å². The Morgan fingerprint density at radius 1 is 1.38 bits per heavy atom. The van der Waals surface area contributed by atoms with Gasteiger partial charge in [-0.2, -0.15) is 0 Å². The lowest BCUT2D eigenvalue weighted by molar-refractivity contribution is -0.941. The van der Waals surface area contributed by atoms with E-state index in [2.05, 4.69) is 20.9 Å². The third-order valence-electron chi connectivity index (χ3n) is 3.43. The molecule has 78 valence electrons. The lowest BCUT2D eigenvalue weighted by Gasteiger charge is -2.44. The highest BCUT2D eigenvalue weighted by atomic mass is 16.5. The standard InChI is InChI=1S/C11H24NO/c1-4-6-7-12(3)8-9-13-10-11(12)5-2/h11H,4-10H2,1-3H3/q+1. The van der Waals surface area contributed by atoms with Crippen molar-refractivity contribution in [2.75, 3.05) is 33.4 Å². The number of likely N-dealkylation sites (N-methyl/N-ethyl adjacent to an activating group) is 1. The van der Waals surface area contributed by atoms with Crippen LogP contribution >= 0.6 is 0 Å². The summed E-state index contributed by atoms with van der Waals surface area (Å²) in [6.45, 7) is 9.01. The van der Waals surface area contributed by atoms with Gasteiger partial charge in [-0.15, -0.1) is 0 Å². The van der Waals surface area contributed by atoms with Crippen LogP contribution in [0.1, 0.15) is 33.1 Å². The van der Waals surface area contributed by atoms with Gasteiger partial charge >= 0.3 is 0 Å². The Kier molecular flexibility index (Phi) is 4.20. The summed E-state index contributed by atoms with van der Waals surface area (Å²) >= 11 is 0. The van der Waals surface area contributed by atoms with Crippen molar-refractivity contribution in [2.24, 2.45) is 0 Å². The largest absolute Gasteiger partial charge is 0.369 e. The van der Waals surface area contributed by atoms with Crippen LogP contribution in [0.4, 0.5) is 0 Å².